The molecule has 2 heterocycles. The predicted octanol–water partition coefficient (Wildman–Crippen LogP) is 4.96. The third kappa shape index (κ3) is 5.34. The highest BCUT2D eigenvalue weighted by Crippen LogP contribution is 2.33. The number of carbonyl (C=O) groups is 2. The van der Waals surface area contributed by atoms with E-state index in [9.17, 15) is 9.59 Å². The van der Waals surface area contributed by atoms with Gasteiger partial charge in [-0.05, 0) is 67.1 Å². The third-order valence-electron chi connectivity index (χ3n) is 7.78. The molecule has 198 valence electrons. The van der Waals surface area contributed by atoms with Gasteiger partial charge in [0.05, 0.1) is 16.6 Å². The van der Waals surface area contributed by atoms with Gasteiger partial charge in [-0.15, -0.1) is 0 Å². The summed E-state index contributed by atoms with van der Waals surface area (Å²) in [5.41, 5.74) is 4.49. The second-order valence-electron chi connectivity index (χ2n) is 10.4. The van der Waals surface area contributed by atoms with Crippen molar-refractivity contribution in [3.05, 3.63) is 88.1 Å². The summed E-state index contributed by atoms with van der Waals surface area (Å²) < 4.78 is 0. The largest absolute Gasteiger partial charge is 0.371 e. The Kier molecular flexibility index (Phi) is 7.56. The van der Waals surface area contributed by atoms with Crippen molar-refractivity contribution in [3.8, 4) is 0 Å². The Balaban J connectivity index is 1.24. The highest BCUT2D eigenvalue weighted by atomic mass is 35.5. The van der Waals surface area contributed by atoms with Crippen LogP contribution < -0.4 is 15.1 Å². The van der Waals surface area contributed by atoms with Crippen LogP contribution in [0.1, 0.15) is 57.1 Å². The smallest absolute Gasteiger partial charge is 0.253 e. The van der Waals surface area contributed by atoms with E-state index in [0.29, 0.717) is 16.1 Å². The van der Waals surface area contributed by atoms with Gasteiger partial charge in [-0.1, -0.05) is 29.8 Å². The number of aryl methyl sites for hydroxylation is 1. The number of fused-ring (bicyclic) bond motifs is 1. The summed E-state index contributed by atoms with van der Waals surface area (Å²) in [4.78, 5) is 37.0. The number of hydrogen-bond donors (Lipinski definition) is 1. The first kappa shape index (κ1) is 26.0. The molecule has 2 aliphatic rings. The van der Waals surface area contributed by atoms with Crippen LogP contribution in [0.15, 0.2) is 60.8 Å². The zero-order valence-electron chi connectivity index (χ0n) is 22.2. The summed E-state index contributed by atoms with van der Waals surface area (Å²) in [6.07, 6.45) is 5.34. The SMILES string of the molecule is CN(C)c1cc(N2CCC(N(C)C(=O)c3ccc4c(c3)[C@H](NC(=O)c3ccccc3Cl)CC4)CC2)ccn1. The van der Waals surface area contributed by atoms with Gasteiger partial charge in [0.2, 0.25) is 0 Å². The first-order chi connectivity index (χ1) is 18.3. The number of rotatable bonds is 6. The van der Waals surface area contributed by atoms with Gasteiger partial charge in [0, 0.05) is 63.8 Å². The predicted molar refractivity (Wildman–Crippen MR) is 152 cm³/mol. The molecule has 8 heteroatoms. The van der Waals surface area contributed by atoms with E-state index >= 15 is 0 Å². The van der Waals surface area contributed by atoms with Gasteiger partial charge in [0.25, 0.3) is 11.8 Å². The Labute approximate surface area is 229 Å². The molecule has 1 atom stereocenters. The number of anilines is 2. The molecule has 5 rings (SSSR count). The molecule has 0 radical (unpaired) electrons. The van der Waals surface area contributed by atoms with Crippen LogP contribution in [0.25, 0.3) is 0 Å². The second kappa shape index (κ2) is 11.0. The fourth-order valence-corrected chi connectivity index (χ4v) is 5.72. The number of piperidine rings is 1. The summed E-state index contributed by atoms with van der Waals surface area (Å²) in [6.45, 7) is 1.78. The van der Waals surface area contributed by atoms with E-state index in [2.05, 4.69) is 21.3 Å². The molecule has 0 spiro atoms. The van der Waals surface area contributed by atoms with Gasteiger partial charge in [-0.25, -0.2) is 4.98 Å². The molecule has 7 nitrogen and oxygen atoms in total. The number of pyridine rings is 1. The van der Waals surface area contributed by atoms with E-state index in [0.717, 1.165) is 50.2 Å². The maximum Gasteiger partial charge on any atom is 0.253 e. The summed E-state index contributed by atoms with van der Waals surface area (Å²) in [7, 11) is 5.89. The third-order valence-corrected chi connectivity index (χ3v) is 8.11. The molecule has 1 N–H and O–H groups in total. The minimum atomic E-state index is -0.194. The van der Waals surface area contributed by atoms with E-state index in [1.165, 1.54) is 11.3 Å². The maximum atomic E-state index is 13.5. The van der Waals surface area contributed by atoms with Gasteiger partial charge in [-0.2, -0.15) is 0 Å². The number of aromatic nitrogens is 1. The van der Waals surface area contributed by atoms with Crippen molar-refractivity contribution in [1.29, 1.82) is 0 Å². The van der Waals surface area contributed by atoms with Crippen LogP contribution in [0.5, 0.6) is 0 Å². The average molecular weight is 532 g/mol. The molecule has 1 fully saturated rings. The molecule has 2 amide bonds. The highest BCUT2D eigenvalue weighted by Gasteiger charge is 2.29. The number of nitrogens with one attached hydrogen (secondary N) is 1. The van der Waals surface area contributed by atoms with Crippen molar-refractivity contribution in [2.45, 2.75) is 37.8 Å². The van der Waals surface area contributed by atoms with Crippen LogP contribution in [-0.2, 0) is 6.42 Å². The number of carbonyl (C=O) groups excluding carboxylic acids is 2. The van der Waals surface area contributed by atoms with Crippen molar-refractivity contribution in [2.24, 2.45) is 0 Å². The monoisotopic (exact) mass is 531 g/mol. The van der Waals surface area contributed by atoms with E-state index < -0.39 is 0 Å². The molecule has 3 aromatic rings. The number of benzene rings is 2. The minimum Gasteiger partial charge on any atom is -0.371 e. The molecule has 2 aromatic carbocycles. The van der Waals surface area contributed by atoms with Crippen molar-refractivity contribution in [2.75, 3.05) is 44.0 Å². The minimum absolute atomic E-state index is 0.0214. The molecule has 1 aliphatic heterocycles. The molecule has 38 heavy (non-hydrogen) atoms. The van der Waals surface area contributed by atoms with Gasteiger partial charge in [0.15, 0.2) is 0 Å². The van der Waals surface area contributed by atoms with Crippen LogP contribution >= 0.6 is 11.6 Å². The maximum absolute atomic E-state index is 13.5. The Bertz CT molecular complexity index is 1340. The Morgan fingerprint density at radius 3 is 2.50 bits per heavy atom. The Morgan fingerprint density at radius 2 is 1.76 bits per heavy atom. The molecule has 1 aliphatic carbocycles. The standard InChI is InChI=1S/C30H34ClN5O2/c1-34(2)28-19-23(12-15-32-28)36-16-13-22(14-17-36)35(3)30(38)21-9-8-20-10-11-27(25(20)18-21)33-29(37)24-6-4-5-7-26(24)31/h4-9,12,15,18-19,22,27H,10-11,13-14,16-17H2,1-3H3,(H,33,37)/t27-/m1/s1. The van der Waals surface area contributed by atoms with E-state index in [1.807, 2.05) is 67.5 Å². The van der Waals surface area contributed by atoms with Crippen molar-refractivity contribution < 1.29 is 9.59 Å². The quantitative estimate of drug-likeness (QED) is 0.487. The first-order valence-electron chi connectivity index (χ1n) is 13.2. The highest BCUT2D eigenvalue weighted by molar-refractivity contribution is 6.33. The lowest BCUT2D eigenvalue weighted by Crippen LogP contribution is -2.45. The van der Waals surface area contributed by atoms with Crippen molar-refractivity contribution in [3.63, 3.8) is 0 Å². The van der Waals surface area contributed by atoms with Gasteiger partial charge in [-0.3, -0.25) is 9.59 Å². The number of amides is 2. The molecule has 0 saturated carbocycles. The van der Waals surface area contributed by atoms with Crippen LogP contribution in [0.3, 0.4) is 0 Å². The number of nitrogens with zero attached hydrogens (tertiary/aromatic N) is 4. The second-order valence-corrected chi connectivity index (χ2v) is 10.8. The molecular weight excluding hydrogens is 498 g/mol. The van der Waals surface area contributed by atoms with Gasteiger partial charge < -0.3 is 20.0 Å². The van der Waals surface area contributed by atoms with E-state index in [4.69, 9.17) is 11.6 Å². The van der Waals surface area contributed by atoms with Crippen molar-refractivity contribution in [1.82, 2.24) is 15.2 Å². The number of hydrogen-bond acceptors (Lipinski definition) is 5. The number of halogens is 1. The summed E-state index contributed by atoms with van der Waals surface area (Å²) in [5, 5.41) is 3.55. The van der Waals surface area contributed by atoms with Crippen LogP contribution in [0.4, 0.5) is 11.5 Å². The molecule has 0 bridgehead atoms. The summed E-state index contributed by atoms with van der Waals surface area (Å²) >= 11 is 6.22. The summed E-state index contributed by atoms with van der Waals surface area (Å²) in [5.74, 6) is 0.768. The zero-order chi connectivity index (χ0) is 26.8. The van der Waals surface area contributed by atoms with E-state index in [-0.39, 0.29) is 23.9 Å². The lowest BCUT2D eigenvalue weighted by molar-refractivity contribution is 0.0709. The Hall–Kier alpha value is -3.58. The fraction of sp³-hybridized carbons (Fsp3) is 0.367. The van der Waals surface area contributed by atoms with Gasteiger partial charge in [0.1, 0.15) is 5.82 Å². The normalized spacial score (nSPS) is 17.2. The van der Waals surface area contributed by atoms with Gasteiger partial charge >= 0.3 is 0 Å². The molecule has 1 saturated heterocycles. The van der Waals surface area contributed by atoms with Crippen molar-refractivity contribution >= 4 is 34.9 Å². The van der Waals surface area contributed by atoms with Crippen LogP contribution in [0.2, 0.25) is 5.02 Å². The lowest BCUT2D eigenvalue weighted by atomic mass is 10.00. The zero-order valence-corrected chi connectivity index (χ0v) is 22.9. The Morgan fingerprint density at radius 1 is 1.00 bits per heavy atom. The first-order valence-corrected chi connectivity index (χ1v) is 13.5. The lowest BCUT2D eigenvalue weighted by Gasteiger charge is -2.38. The van der Waals surface area contributed by atoms with Crippen LogP contribution in [0, 0.1) is 0 Å². The topological polar surface area (TPSA) is 68.8 Å². The van der Waals surface area contributed by atoms with E-state index in [1.54, 1.807) is 18.2 Å². The fourth-order valence-electron chi connectivity index (χ4n) is 5.50. The van der Waals surface area contributed by atoms with Crippen LogP contribution in [-0.4, -0.2) is 62.0 Å². The summed E-state index contributed by atoms with van der Waals surface area (Å²) in [6, 6.07) is 17.2. The molecule has 1 aromatic heterocycles. The molecule has 0 unspecified atom stereocenters. The molecular formula is C30H34ClN5O2. The average Bonchev–Trinajstić information content (AvgIpc) is 3.34.